The van der Waals surface area contributed by atoms with Crippen molar-refractivity contribution in [2.75, 3.05) is 14.2 Å². The van der Waals surface area contributed by atoms with E-state index in [1.54, 1.807) is 63.8 Å². The van der Waals surface area contributed by atoms with Gasteiger partial charge in [-0.05, 0) is 146 Å². The van der Waals surface area contributed by atoms with Crippen molar-refractivity contribution in [2.24, 2.45) is 0 Å². The third-order valence-electron chi connectivity index (χ3n) is 13.7. The Labute approximate surface area is 438 Å². The summed E-state index contributed by atoms with van der Waals surface area (Å²) in [6.45, 7) is 5.53. The maximum Gasteiger partial charge on any atom is 0.174 e. The molecule has 0 amide bonds. The van der Waals surface area contributed by atoms with Gasteiger partial charge in [-0.15, -0.1) is 0 Å². The lowest BCUT2D eigenvalue weighted by Crippen LogP contribution is -2.18. The largest absolute Gasteiger partial charge is 0.495 e. The van der Waals surface area contributed by atoms with Gasteiger partial charge in [0, 0.05) is 73.2 Å². The van der Waals surface area contributed by atoms with E-state index < -0.39 is 0 Å². The fourth-order valence-electron chi connectivity index (χ4n) is 10.1. The van der Waals surface area contributed by atoms with E-state index >= 15 is 0 Å². The fraction of sp³-hybridized carbons (Fsp3) is 0.200. The summed E-state index contributed by atoms with van der Waals surface area (Å²) < 4.78 is 47.7. The number of hydrogen-bond acceptors (Lipinski definition) is 10. The summed E-state index contributed by atoms with van der Waals surface area (Å²) >= 11 is 0. The van der Waals surface area contributed by atoms with Crippen molar-refractivity contribution in [1.82, 2.24) is 58.6 Å². The molecule has 0 unspecified atom stereocenters. The van der Waals surface area contributed by atoms with E-state index in [1.165, 1.54) is 12.1 Å². The molecule has 0 fully saturated rings. The topological polar surface area (TPSA) is 141 Å². The summed E-state index contributed by atoms with van der Waals surface area (Å²) in [5.41, 5.74) is 11.2. The lowest BCUT2D eigenvalue weighted by atomic mass is 9.86. The van der Waals surface area contributed by atoms with Gasteiger partial charge in [0.1, 0.15) is 34.8 Å². The van der Waals surface area contributed by atoms with Crippen LogP contribution in [0.3, 0.4) is 0 Å². The fourth-order valence-corrected chi connectivity index (χ4v) is 10.1. The number of fused-ring (bicyclic) bond motifs is 2. The van der Waals surface area contributed by atoms with E-state index in [9.17, 15) is 8.78 Å². The van der Waals surface area contributed by atoms with Crippen molar-refractivity contribution in [3.8, 4) is 45.1 Å². The van der Waals surface area contributed by atoms with Gasteiger partial charge in [0.25, 0.3) is 0 Å². The number of pyridine rings is 2. The van der Waals surface area contributed by atoms with E-state index in [4.69, 9.17) is 29.6 Å². The Morgan fingerprint density at radius 2 is 1.01 bits per heavy atom. The number of aryl methyl sites for hydroxylation is 4. The molecule has 4 aromatic carbocycles. The molecule has 76 heavy (non-hydrogen) atoms. The first-order valence-electron chi connectivity index (χ1n) is 25.2. The number of aromatic nitrogens is 12. The van der Waals surface area contributed by atoms with Crippen LogP contribution in [0.15, 0.2) is 147 Å². The van der Waals surface area contributed by atoms with Crippen molar-refractivity contribution < 1.29 is 18.3 Å². The average Bonchev–Trinajstić information content (AvgIpc) is 4.33. The van der Waals surface area contributed by atoms with Crippen molar-refractivity contribution in [3.63, 3.8) is 0 Å². The van der Waals surface area contributed by atoms with Crippen LogP contribution in [0.2, 0.25) is 0 Å². The van der Waals surface area contributed by atoms with Crippen LogP contribution >= 0.6 is 0 Å². The highest BCUT2D eigenvalue weighted by atomic mass is 19.1. The van der Waals surface area contributed by atoms with Crippen LogP contribution in [0.25, 0.3) is 57.9 Å². The van der Waals surface area contributed by atoms with Crippen LogP contribution in [-0.4, -0.2) is 72.8 Å². The number of imidazole rings is 2. The Bertz CT molecular complexity index is 3490. The zero-order valence-corrected chi connectivity index (χ0v) is 42.5. The zero-order chi connectivity index (χ0) is 52.1. The van der Waals surface area contributed by atoms with Crippen LogP contribution in [0, 0.1) is 25.5 Å². The summed E-state index contributed by atoms with van der Waals surface area (Å²) in [6.07, 6.45) is 26.1. The minimum absolute atomic E-state index is 0.0206. The molecule has 0 N–H and O–H groups in total. The first-order chi connectivity index (χ1) is 37.2. The molecule has 16 heteroatoms. The zero-order valence-electron chi connectivity index (χ0n) is 42.5. The number of nitrogens with zero attached hydrogens (tertiary/aromatic N) is 12. The maximum absolute atomic E-state index is 14.3. The van der Waals surface area contributed by atoms with Gasteiger partial charge in [0.2, 0.25) is 0 Å². The number of halogens is 2. The van der Waals surface area contributed by atoms with Crippen LogP contribution in [0.4, 0.5) is 8.78 Å². The lowest BCUT2D eigenvalue weighted by molar-refractivity contribution is 0.412. The van der Waals surface area contributed by atoms with Gasteiger partial charge in [-0.2, -0.15) is 10.2 Å². The second-order valence-corrected chi connectivity index (χ2v) is 18.8. The molecule has 0 saturated carbocycles. The minimum Gasteiger partial charge on any atom is -0.495 e. The Kier molecular flexibility index (Phi) is 14.0. The van der Waals surface area contributed by atoms with Crippen molar-refractivity contribution in [3.05, 3.63) is 215 Å². The first-order valence-corrected chi connectivity index (χ1v) is 25.2. The van der Waals surface area contributed by atoms with Gasteiger partial charge >= 0.3 is 0 Å². The quantitative estimate of drug-likeness (QED) is 0.116. The Morgan fingerprint density at radius 1 is 0.553 bits per heavy atom. The highest BCUT2D eigenvalue weighted by Gasteiger charge is 2.29. The minimum atomic E-state index is -0.266. The number of methoxy groups -OCH3 is 2. The molecule has 2 atom stereocenters. The molecule has 0 radical (unpaired) electrons. The second kappa shape index (κ2) is 21.7. The smallest absolute Gasteiger partial charge is 0.174 e. The van der Waals surface area contributed by atoms with Crippen molar-refractivity contribution in [1.29, 1.82) is 0 Å². The molecule has 14 nitrogen and oxygen atoms in total. The Morgan fingerprint density at radius 3 is 1.41 bits per heavy atom. The van der Waals surface area contributed by atoms with E-state index in [0.29, 0.717) is 11.6 Å². The third-order valence-corrected chi connectivity index (χ3v) is 13.7. The Balaban J connectivity index is 0.000000162. The van der Waals surface area contributed by atoms with Gasteiger partial charge in [-0.25, -0.2) is 38.1 Å². The standard InChI is InChI=1S/2C30H27FN6O/c2*1-20-18-36(19-33-20)27-11-7-21(15-28(27)38-2)8-12-29-34-30-25(6-4-14-37(30)35-29)24-10-9-23(31)16-26(24)22-5-3-13-32-17-22/h2*3,5,7-13,15-19,25H,4,6,14H2,1-2H3/b2*12-8+/t2*25-/m10/s1. The number of hydrogen-bond donors (Lipinski definition) is 0. The van der Waals surface area contributed by atoms with Crippen LogP contribution in [0.1, 0.15) is 94.5 Å². The first kappa shape index (κ1) is 49.1. The molecule has 8 heterocycles. The second-order valence-electron chi connectivity index (χ2n) is 18.8. The molecule has 0 spiro atoms. The maximum atomic E-state index is 14.3. The van der Waals surface area contributed by atoms with Crippen LogP contribution in [-0.2, 0) is 13.1 Å². The SMILES string of the molecule is COc1cc(/C=C/c2nc3n(n2)CCC[C@@H]3c2ccc(F)cc2-c2cccnc2)ccc1-n1cnc(C)c1.COc1cc(/C=C/c2nc3n(n2)CCC[C@H]3c2ccc(F)cc2-c2cccnc2)ccc1-n1cnc(C)c1. The van der Waals surface area contributed by atoms with Gasteiger partial charge in [0.15, 0.2) is 11.6 Å². The molecule has 380 valence electrons. The lowest BCUT2D eigenvalue weighted by Gasteiger charge is -2.24. The molecule has 2 aliphatic rings. The molecular weight excluding hydrogens is 959 g/mol. The van der Waals surface area contributed by atoms with Crippen LogP contribution in [0.5, 0.6) is 11.5 Å². The van der Waals surface area contributed by atoms with Crippen LogP contribution < -0.4 is 9.47 Å². The highest BCUT2D eigenvalue weighted by Crippen LogP contribution is 2.40. The number of benzene rings is 4. The summed E-state index contributed by atoms with van der Waals surface area (Å²) in [5.74, 6) is 4.10. The monoisotopic (exact) mass is 1010 g/mol. The van der Waals surface area contributed by atoms with Gasteiger partial charge < -0.3 is 18.6 Å². The van der Waals surface area contributed by atoms with E-state index in [-0.39, 0.29) is 23.5 Å². The predicted molar refractivity (Wildman–Crippen MR) is 289 cm³/mol. The normalized spacial score (nSPS) is 15.1. The summed E-state index contributed by atoms with van der Waals surface area (Å²) in [6, 6.07) is 29.7. The number of rotatable bonds is 12. The Hall–Kier alpha value is -9.18. The predicted octanol–water partition coefficient (Wildman–Crippen LogP) is 12.2. The van der Waals surface area contributed by atoms with Gasteiger partial charge in [-0.3, -0.25) is 9.97 Å². The molecule has 10 aromatic rings. The molecule has 0 bridgehead atoms. The highest BCUT2D eigenvalue weighted by molar-refractivity contribution is 5.72. The molecular formula is C60H54F2N12O2. The molecule has 2 aliphatic heterocycles. The van der Waals surface area contributed by atoms with Gasteiger partial charge in [-0.1, -0.05) is 48.6 Å². The average molecular weight is 1010 g/mol. The molecule has 0 aliphatic carbocycles. The van der Waals surface area contributed by atoms with Gasteiger partial charge in [0.05, 0.1) is 49.6 Å². The van der Waals surface area contributed by atoms with Crippen molar-refractivity contribution >= 4 is 24.3 Å². The summed E-state index contributed by atoms with van der Waals surface area (Å²) in [4.78, 5) is 26.9. The third kappa shape index (κ3) is 10.5. The molecule has 6 aromatic heterocycles. The van der Waals surface area contributed by atoms with Crippen molar-refractivity contribution in [2.45, 2.75) is 64.5 Å². The summed E-state index contributed by atoms with van der Waals surface area (Å²) in [7, 11) is 3.33. The summed E-state index contributed by atoms with van der Waals surface area (Å²) in [5, 5.41) is 9.52. The van der Waals surface area contributed by atoms with E-state index in [0.717, 1.165) is 129 Å². The van der Waals surface area contributed by atoms with E-state index in [1.807, 2.05) is 142 Å². The molecule has 0 saturated heterocycles. The van der Waals surface area contributed by atoms with E-state index in [2.05, 4.69) is 19.9 Å². The molecule has 12 rings (SSSR count). The number of ether oxygens (including phenoxy) is 2.